The Bertz CT molecular complexity index is 619. The molecule has 0 saturated carbocycles. The lowest BCUT2D eigenvalue weighted by Crippen LogP contribution is -2.35. The second-order valence-corrected chi connectivity index (χ2v) is 5.70. The summed E-state index contributed by atoms with van der Waals surface area (Å²) in [5.41, 5.74) is 1.22. The van der Waals surface area contributed by atoms with Crippen LogP contribution < -0.4 is 4.72 Å². The summed E-state index contributed by atoms with van der Waals surface area (Å²) in [6, 6.07) is 7.31. The van der Waals surface area contributed by atoms with Gasteiger partial charge in [-0.2, -0.15) is 17.4 Å². The van der Waals surface area contributed by atoms with Crippen LogP contribution >= 0.6 is 0 Å². The van der Waals surface area contributed by atoms with Crippen molar-refractivity contribution in [3.8, 4) is 0 Å². The first-order valence-electron chi connectivity index (χ1n) is 5.01. The van der Waals surface area contributed by atoms with Crippen molar-refractivity contribution in [3.63, 3.8) is 0 Å². The third kappa shape index (κ3) is 2.46. The number of nitrogens with one attached hydrogen (secondary N) is 1. The summed E-state index contributed by atoms with van der Waals surface area (Å²) < 4.78 is 31.6. The predicted molar refractivity (Wildman–Crippen MR) is 63.5 cm³/mol. The summed E-state index contributed by atoms with van der Waals surface area (Å²) in [4.78, 5) is 0. The summed E-state index contributed by atoms with van der Waals surface area (Å²) in [7, 11) is -0.518. The molecule has 2 aromatic rings. The number of rotatable bonds is 4. The Hall–Kier alpha value is -1.44. The first kappa shape index (κ1) is 12.0. The Labute approximate surface area is 99.4 Å². The number of para-hydroxylation sites is 1. The highest BCUT2D eigenvalue weighted by atomic mass is 32.2. The molecule has 0 radical (unpaired) electrons. The van der Waals surface area contributed by atoms with E-state index in [1.54, 1.807) is 6.07 Å². The molecule has 1 heterocycles. The van der Waals surface area contributed by atoms with Gasteiger partial charge in [0.15, 0.2) is 5.58 Å². The Kier molecular flexibility index (Phi) is 3.14. The van der Waals surface area contributed by atoms with E-state index in [4.69, 9.17) is 4.52 Å². The summed E-state index contributed by atoms with van der Waals surface area (Å²) in [5.74, 6) is 0. The molecular weight excluding hydrogens is 242 g/mol. The van der Waals surface area contributed by atoms with Gasteiger partial charge in [-0.25, -0.2) is 0 Å². The van der Waals surface area contributed by atoms with Gasteiger partial charge in [0.05, 0.1) is 6.54 Å². The van der Waals surface area contributed by atoms with Crippen LogP contribution in [0.5, 0.6) is 0 Å². The molecule has 0 atom stereocenters. The highest BCUT2D eigenvalue weighted by Gasteiger charge is 2.15. The molecule has 0 fully saturated rings. The molecule has 1 aromatic carbocycles. The van der Waals surface area contributed by atoms with Gasteiger partial charge in [-0.1, -0.05) is 17.3 Å². The van der Waals surface area contributed by atoms with E-state index in [2.05, 4.69) is 9.88 Å². The molecule has 0 aliphatic heterocycles. The van der Waals surface area contributed by atoms with Crippen LogP contribution in [0.25, 0.3) is 11.0 Å². The van der Waals surface area contributed by atoms with Crippen molar-refractivity contribution in [2.24, 2.45) is 0 Å². The highest BCUT2D eigenvalue weighted by Crippen LogP contribution is 2.17. The van der Waals surface area contributed by atoms with Gasteiger partial charge < -0.3 is 4.52 Å². The van der Waals surface area contributed by atoms with Crippen molar-refractivity contribution in [2.75, 3.05) is 14.1 Å². The van der Waals surface area contributed by atoms with Crippen molar-refractivity contribution in [1.82, 2.24) is 14.2 Å². The minimum atomic E-state index is -3.44. The maximum atomic E-state index is 11.5. The molecule has 1 aromatic heterocycles. The second-order valence-electron chi connectivity index (χ2n) is 3.73. The molecule has 0 unspecified atom stereocenters. The van der Waals surface area contributed by atoms with E-state index in [0.717, 1.165) is 9.69 Å². The lowest BCUT2D eigenvalue weighted by molar-refractivity contribution is 0.443. The Morgan fingerprint density at radius 3 is 2.76 bits per heavy atom. The molecule has 7 heteroatoms. The van der Waals surface area contributed by atoms with Crippen LogP contribution in [0, 0.1) is 0 Å². The molecule has 0 saturated heterocycles. The number of hydrogen-bond acceptors (Lipinski definition) is 4. The van der Waals surface area contributed by atoms with Crippen LogP contribution in [0.15, 0.2) is 28.8 Å². The van der Waals surface area contributed by atoms with Gasteiger partial charge in [0.1, 0.15) is 5.69 Å². The van der Waals surface area contributed by atoms with Gasteiger partial charge >= 0.3 is 0 Å². The third-order valence-electron chi connectivity index (χ3n) is 2.35. The molecule has 6 nitrogen and oxygen atoms in total. The quantitative estimate of drug-likeness (QED) is 0.873. The van der Waals surface area contributed by atoms with E-state index in [1.165, 1.54) is 14.1 Å². The van der Waals surface area contributed by atoms with Crippen molar-refractivity contribution in [2.45, 2.75) is 6.54 Å². The third-order valence-corrected chi connectivity index (χ3v) is 3.83. The number of aromatic nitrogens is 1. The van der Waals surface area contributed by atoms with Crippen molar-refractivity contribution in [1.29, 1.82) is 0 Å². The molecule has 1 N–H and O–H groups in total. The zero-order valence-corrected chi connectivity index (χ0v) is 10.4. The van der Waals surface area contributed by atoms with E-state index in [1.807, 2.05) is 18.2 Å². The van der Waals surface area contributed by atoms with Gasteiger partial charge in [-0.3, -0.25) is 0 Å². The van der Waals surface area contributed by atoms with Crippen LogP contribution in [0.3, 0.4) is 0 Å². The largest absolute Gasteiger partial charge is 0.356 e. The number of hydrogen-bond donors (Lipinski definition) is 1. The molecule has 0 aliphatic carbocycles. The van der Waals surface area contributed by atoms with Crippen LogP contribution in [0.4, 0.5) is 0 Å². The maximum Gasteiger partial charge on any atom is 0.279 e. The van der Waals surface area contributed by atoms with Crippen molar-refractivity contribution < 1.29 is 12.9 Å². The lowest BCUT2D eigenvalue weighted by Gasteiger charge is -2.10. The molecule has 17 heavy (non-hydrogen) atoms. The van der Waals surface area contributed by atoms with E-state index in [0.29, 0.717) is 11.3 Å². The average Bonchev–Trinajstić information content (AvgIpc) is 2.69. The van der Waals surface area contributed by atoms with Gasteiger partial charge in [0.25, 0.3) is 10.2 Å². The van der Waals surface area contributed by atoms with Gasteiger partial charge in [0.2, 0.25) is 0 Å². The van der Waals surface area contributed by atoms with E-state index >= 15 is 0 Å². The highest BCUT2D eigenvalue weighted by molar-refractivity contribution is 7.87. The average molecular weight is 255 g/mol. The van der Waals surface area contributed by atoms with Crippen LogP contribution in [0.2, 0.25) is 0 Å². The molecule has 0 spiro atoms. The van der Waals surface area contributed by atoms with Crippen LogP contribution in [-0.2, 0) is 16.8 Å². The maximum absolute atomic E-state index is 11.5. The van der Waals surface area contributed by atoms with Gasteiger partial charge in [-0.15, -0.1) is 0 Å². The normalized spacial score (nSPS) is 12.4. The smallest absolute Gasteiger partial charge is 0.279 e. The SMILES string of the molecule is CN(C)S(=O)(=O)NCc1noc2ccccc12. The van der Waals surface area contributed by atoms with Crippen LogP contribution in [-0.4, -0.2) is 32.0 Å². The Morgan fingerprint density at radius 2 is 2.06 bits per heavy atom. The zero-order valence-electron chi connectivity index (χ0n) is 9.54. The fourth-order valence-electron chi connectivity index (χ4n) is 1.35. The number of nitrogens with zero attached hydrogens (tertiary/aromatic N) is 2. The molecule has 92 valence electrons. The van der Waals surface area contributed by atoms with E-state index in [-0.39, 0.29) is 6.54 Å². The Morgan fingerprint density at radius 1 is 1.35 bits per heavy atom. The summed E-state index contributed by atoms with van der Waals surface area (Å²) >= 11 is 0. The second kappa shape index (κ2) is 4.44. The van der Waals surface area contributed by atoms with Crippen molar-refractivity contribution in [3.05, 3.63) is 30.0 Å². The van der Waals surface area contributed by atoms with Gasteiger partial charge in [0, 0.05) is 19.5 Å². The molecule has 0 bridgehead atoms. The summed E-state index contributed by atoms with van der Waals surface area (Å²) in [5, 5.41) is 4.65. The van der Waals surface area contributed by atoms with Crippen molar-refractivity contribution >= 4 is 21.2 Å². The molecule has 2 rings (SSSR count). The standard InChI is InChI=1S/C10H13N3O3S/c1-13(2)17(14,15)11-7-9-8-5-3-4-6-10(8)16-12-9/h3-6,11H,7H2,1-2H3. The molecule has 0 amide bonds. The minimum Gasteiger partial charge on any atom is -0.356 e. The van der Waals surface area contributed by atoms with Gasteiger partial charge in [-0.05, 0) is 12.1 Å². The summed E-state index contributed by atoms with van der Waals surface area (Å²) in [6.45, 7) is 0.109. The Balaban J connectivity index is 2.20. The fraction of sp³-hybridized carbons (Fsp3) is 0.300. The van der Waals surface area contributed by atoms with E-state index < -0.39 is 10.2 Å². The predicted octanol–water partition coefficient (Wildman–Crippen LogP) is 0.724. The minimum absolute atomic E-state index is 0.109. The molecule has 0 aliphatic rings. The molecular formula is C10H13N3O3S. The first-order valence-corrected chi connectivity index (χ1v) is 6.45. The zero-order chi connectivity index (χ0) is 12.5. The summed E-state index contributed by atoms with van der Waals surface area (Å²) in [6.07, 6.45) is 0. The lowest BCUT2D eigenvalue weighted by atomic mass is 10.2. The monoisotopic (exact) mass is 255 g/mol. The number of benzene rings is 1. The number of fused-ring (bicyclic) bond motifs is 1. The first-order chi connectivity index (χ1) is 8.00. The fourth-order valence-corrected chi connectivity index (χ4v) is 1.93. The van der Waals surface area contributed by atoms with Crippen LogP contribution in [0.1, 0.15) is 5.69 Å². The topological polar surface area (TPSA) is 75.4 Å². The van der Waals surface area contributed by atoms with E-state index in [9.17, 15) is 8.42 Å².